The third-order valence-electron chi connectivity index (χ3n) is 5.97. The van der Waals surface area contributed by atoms with Gasteiger partial charge in [0, 0.05) is 6.54 Å². The monoisotopic (exact) mass is 466 g/mol. The number of hydrogen-bond donors (Lipinski definition) is 1. The molecule has 1 fully saturated rings. The van der Waals surface area contributed by atoms with E-state index in [0.717, 1.165) is 11.1 Å². The maximum absolute atomic E-state index is 13.8. The number of hydrogen-bond acceptors (Lipinski definition) is 6. The largest absolute Gasteiger partial charge is 0.468 e. The van der Waals surface area contributed by atoms with Gasteiger partial charge in [-0.2, -0.15) is 0 Å². The first-order valence-corrected chi connectivity index (χ1v) is 11.8. The molecular weight excluding hydrogens is 432 g/mol. The van der Waals surface area contributed by atoms with E-state index in [-0.39, 0.29) is 18.4 Å². The molecule has 3 atom stereocenters. The molecule has 0 spiro atoms. The molecule has 1 heterocycles. The Morgan fingerprint density at radius 2 is 1.68 bits per heavy atom. The number of likely N-dealkylation sites (tertiary alicyclic amines) is 1. The van der Waals surface area contributed by atoms with Crippen molar-refractivity contribution in [3.63, 3.8) is 0 Å². The van der Waals surface area contributed by atoms with Gasteiger partial charge in [-0.3, -0.25) is 14.9 Å². The molecule has 2 aromatic carbocycles. The molecule has 0 aromatic heterocycles. The van der Waals surface area contributed by atoms with Crippen molar-refractivity contribution in [3.05, 3.63) is 71.8 Å². The number of nitrogens with one attached hydrogen (secondary N) is 1. The normalized spacial score (nSPS) is 17.3. The van der Waals surface area contributed by atoms with E-state index in [0.29, 0.717) is 25.8 Å². The van der Waals surface area contributed by atoms with Crippen molar-refractivity contribution in [2.75, 3.05) is 13.7 Å². The number of carbonyl (C=O) groups is 3. The second kappa shape index (κ2) is 12.3. The van der Waals surface area contributed by atoms with Gasteiger partial charge in [-0.05, 0) is 36.3 Å². The first-order valence-electron chi connectivity index (χ1n) is 11.8. The van der Waals surface area contributed by atoms with Gasteiger partial charge in [-0.15, -0.1) is 0 Å². The van der Waals surface area contributed by atoms with Crippen LogP contribution in [0.2, 0.25) is 0 Å². The standard InChI is InChI=1S/C27H34N2O5/c1-19(2)17-22(26(31)33-3)28-24(21-13-8-5-9-14-21)25(30)29-16-10-15-23(29)27(32)34-18-20-11-6-4-7-12-20/h4-9,11-14,19,22-24,28H,10,15-18H2,1-3H3/t22-,23-,24+/m0/s1. The second-order valence-electron chi connectivity index (χ2n) is 9.00. The summed E-state index contributed by atoms with van der Waals surface area (Å²) in [4.78, 5) is 40.7. The van der Waals surface area contributed by atoms with Crippen LogP contribution in [0.5, 0.6) is 0 Å². The van der Waals surface area contributed by atoms with Gasteiger partial charge in [0.05, 0.1) is 7.11 Å². The Hall–Kier alpha value is -3.19. The molecule has 0 aliphatic carbocycles. The second-order valence-corrected chi connectivity index (χ2v) is 9.00. The molecule has 1 aliphatic rings. The van der Waals surface area contributed by atoms with Crippen LogP contribution in [0.15, 0.2) is 60.7 Å². The van der Waals surface area contributed by atoms with Crippen LogP contribution >= 0.6 is 0 Å². The number of amides is 1. The molecule has 1 saturated heterocycles. The zero-order valence-corrected chi connectivity index (χ0v) is 20.1. The molecule has 1 N–H and O–H groups in total. The van der Waals surface area contributed by atoms with Crippen LogP contribution in [-0.4, -0.2) is 48.5 Å². The molecule has 2 aromatic rings. The lowest BCUT2D eigenvalue weighted by atomic mass is 9.99. The molecule has 0 unspecified atom stereocenters. The van der Waals surface area contributed by atoms with Crippen LogP contribution in [0.25, 0.3) is 0 Å². The zero-order valence-electron chi connectivity index (χ0n) is 20.1. The van der Waals surface area contributed by atoms with E-state index in [1.54, 1.807) is 4.90 Å². The van der Waals surface area contributed by atoms with Crippen LogP contribution in [-0.2, 0) is 30.5 Å². The molecule has 0 saturated carbocycles. The van der Waals surface area contributed by atoms with E-state index in [9.17, 15) is 14.4 Å². The summed E-state index contributed by atoms with van der Waals surface area (Å²) in [5.74, 6) is -0.852. The van der Waals surface area contributed by atoms with E-state index < -0.39 is 30.1 Å². The third-order valence-corrected chi connectivity index (χ3v) is 5.97. The smallest absolute Gasteiger partial charge is 0.329 e. The number of nitrogens with zero attached hydrogens (tertiary/aromatic N) is 1. The average molecular weight is 467 g/mol. The van der Waals surface area contributed by atoms with Crippen molar-refractivity contribution in [1.82, 2.24) is 10.2 Å². The highest BCUT2D eigenvalue weighted by Crippen LogP contribution is 2.26. The van der Waals surface area contributed by atoms with Crippen LogP contribution in [0.4, 0.5) is 0 Å². The van der Waals surface area contributed by atoms with Crippen molar-refractivity contribution >= 4 is 17.8 Å². The number of rotatable bonds is 10. The Bertz CT molecular complexity index is 948. The molecule has 1 amide bonds. The molecule has 7 nitrogen and oxygen atoms in total. The Balaban J connectivity index is 1.79. The summed E-state index contributed by atoms with van der Waals surface area (Å²) in [6, 6.07) is 16.6. The van der Waals surface area contributed by atoms with Gasteiger partial charge in [0.25, 0.3) is 0 Å². The fourth-order valence-electron chi connectivity index (χ4n) is 4.27. The molecule has 1 aliphatic heterocycles. The van der Waals surface area contributed by atoms with Crippen LogP contribution in [0.3, 0.4) is 0 Å². The number of carbonyl (C=O) groups excluding carboxylic acids is 3. The zero-order chi connectivity index (χ0) is 24.5. The molecule has 7 heteroatoms. The maximum atomic E-state index is 13.8. The minimum Gasteiger partial charge on any atom is -0.468 e. The van der Waals surface area contributed by atoms with Gasteiger partial charge in [0.15, 0.2) is 0 Å². The summed E-state index contributed by atoms with van der Waals surface area (Å²) >= 11 is 0. The minimum atomic E-state index is -0.786. The maximum Gasteiger partial charge on any atom is 0.329 e. The summed E-state index contributed by atoms with van der Waals surface area (Å²) < 4.78 is 10.5. The topological polar surface area (TPSA) is 84.9 Å². The minimum absolute atomic E-state index is 0.164. The Morgan fingerprint density at radius 1 is 1.03 bits per heavy atom. The van der Waals surface area contributed by atoms with Crippen LogP contribution < -0.4 is 5.32 Å². The van der Waals surface area contributed by atoms with Gasteiger partial charge in [-0.25, -0.2) is 4.79 Å². The lowest BCUT2D eigenvalue weighted by Crippen LogP contribution is -2.50. The third kappa shape index (κ3) is 6.67. The average Bonchev–Trinajstić information content (AvgIpc) is 3.35. The predicted octanol–water partition coefficient (Wildman–Crippen LogP) is 3.64. The van der Waals surface area contributed by atoms with E-state index in [4.69, 9.17) is 9.47 Å². The SMILES string of the molecule is COC(=O)[C@H](CC(C)C)N[C@@H](C(=O)N1CCC[C@H]1C(=O)OCc1ccccc1)c1ccccc1. The van der Waals surface area contributed by atoms with Crippen molar-refractivity contribution in [1.29, 1.82) is 0 Å². The lowest BCUT2D eigenvalue weighted by molar-refractivity contribution is -0.155. The van der Waals surface area contributed by atoms with E-state index in [2.05, 4.69) is 5.32 Å². The van der Waals surface area contributed by atoms with Gasteiger partial charge in [0.2, 0.25) is 5.91 Å². The Kier molecular flexibility index (Phi) is 9.22. The highest BCUT2D eigenvalue weighted by atomic mass is 16.5. The first kappa shape index (κ1) is 25.4. The number of benzene rings is 2. The van der Waals surface area contributed by atoms with Crippen LogP contribution in [0, 0.1) is 5.92 Å². The molecule has 182 valence electrons. The van der Waals surface area contributed by atoms with E-state index in [1.165, 1.54) is 7.11 Å². The summed E-state index contributed by atoms with van der Waals surface area (Å²) in [5, 5.41) is 3.23. The Morgan fingerprint density at radius 3 is 2.29 bits per heavy atom. The quantitative estimate of drug-likeness (QED) is 0.538. The van der Waals surface area contributed by atoms with Gasteiger partial charge in [-0.1, -0.05) is 74.5 Å². The van der Waals surface area contributed by atoms with Gasteiger partial charge < -0.3 is 14.4 Å². The predicted molar refractivity (Wildman–Crippen MR) is 129 cm³/mol. The van der Waals surface area contributed by atoms with Crippen molar-refractivity contribution in [3.8, 4) is 0 Å². The summed E-state index contributed by atoms with van der Waals surface area (Å²) in [6.45, 7) is 4.64. The molecule has 34 heavy (non-hydrogen) atoms. The molecule has 0 radical (unpaired) electrons. The van der Waals surface area contributed by atoms with Crippen molar-refractivity contribution in [2.24, 2.45) is 5.92 Å². The summed E-state index contributed by atoms with van der Waals surface area (Å²) in [7, 11) is 1.34. The fraction of sp³-hybridized carbons (Fsp3) is 0.444. The molecule has 3 rings (SSSR count). The summed E-state index contributed by atoms with van der Waals surface area (Å²) in [5.41, 5.74) is 1.62. The lowest BCUT2D eigenvalue weighted by Gasteiger charge is -2.31. The van der Waals surface area contributed by atoms with E-state index in [1.807, 2.05) is 74.5 Å². The highest BCUT2D eigenvalue weighted by Gasteiger charge is 2.40. The van der Waals surface area contributed by atoms with Crippen LogP contribution in [0.1, 0.15) is 50.3 Å². The number of methoxy groups -OCH3 is 1. The molecule has 0 bridgehead atoms. The van der Waals surface area contributed by atoms with Crippen molar-refractivity contribution < 1.29 is 23.9 Å². The van der Waals surface area contributed by atoms with Gasteiger partial charge >= 0.3 is 11.9 Å². The highest BCUT2D eigenvalue weighted by molar-refractivity contribution is 5.89. The number of ether oxygens (including phenoxy) is 2. The first-order chi connectivity index (χ1) is 16.4. The van der Waals surface area contributed by atoms with E-state index >= 15 is 0 Å². The summed E-state index contributed by atoms with van der Waals surface area (Å²) in [6.07, 6.45) is 1.78. The van der Waals surface area contributed by atoms with Gasteiger partial charge in [0.1, 0.15) is 24.7 Å². The number of esters is 2. The van der Waals surface area contributed by atoms with Crippen molar-refractivity contribution in [2.45, 2.75) is 57.8 Å². The molecular formula is C27H34N2O5. The Labute approximate surface area is 201 Å². The fourth-order valence-corrected chi connectivity index (χ4v) is 4.27.